The zero-order chi connectivity index (χ0) is 35.3. The second kappa shape index (κ2) is 17.1. The van der Waals surface area contributed by atoms with E-state index >= 15 is 0 Å². The number of fused-ring (bicyclic) bond motifs is 1. The van der Waals surface area contributed by atoms with Crippen LogP contribution >= 0.6 is 11.3 Å². The lowest BCUT2D eigenvalue weighted by Crippen LogP contribution is -2.10. The van der Waals surface area contributed by atoms with Crippen molar-refractivity contribution in [2.75, 3.05) is 18.6 Å². The first-order valence-corrected chi connectivity index (χ1v) is 16.1. The lowest BCUT2D eigenvalue weighted by Gasteiger charge is -2.11. The summed E-state index contributed by atoms with van der Waals surface area (Å²) in [6.45, 7) is 6.93. The summed E-state index contributed by atoms with van der Waals surface area (Å²) in [5.41, 5.74) is 7.02. The third-order valence-electron chi connectivity index (χ3n) is 7.05. The Morgan fingerprint density at radius 1 is 0.740 bits per heavy atom. The van der Waals surface area contributed by atoms with Gasteiger partial charge in [0.15, 0.2) is 0 Å². The fourth-order valence-electron chi connectivity index (χ4n) is 4.54. The number of hydrazone groups is 1. The van der Waals surface area contributed by atoms with Gasteiger partial charge in [0.25, 0.3) is 0 Å². The molecule has 5 aromatic rings. The molecule has 50 heavy (non-hydrogen) atoms. The van der Waals surface area contributed by atoms with E-state index in [1.165, 1.54) is 59.9 Å². The van der Waals surface area contributed by atoms with Crippen LogP contribution < -0.4 is 14.9 Å². The van der Waals surface area contributed by atoms with Crippen LogP contribution in [0, 0.1) is 0 Å². The van der Waals surface area contributed by atoms with Crippen molar-refractivity contribution >= 4 is 56.8 Å². The van der Waals surface area contributed by atoms with Crippen molar-refractivity contribution in [3.8, 4) is 11.5 Å². The average Bonchev–Trinajstić information content (AvgIpc) is 3.55. The lowest BCUT2D eigenvalue weighted by atomic mass is 10.0. The maximum Gasteiger partial charge on any atom is 0.338 e. The van der Waals surface area contributed by atoms with Gasteiger partial charge in [0.2, 0.25) is 5.13 Å². The Hall–Kier alpha value is -6.40. The second-order valence-electron chi connectivity index (χ2n) is 10.5. The smallest absolute Gasteiger partial charge is 0.338 e. The molecule has 252 valence electrons. The van der Waals surface area contributed by atoms with Crippen molar-refractivity contribution in [1.29, 1.82) is 0 Å². The molecule has 0 bridgehead atoms. The van der Waals surface area contributed by atoms with E-state index < -0.39 is 23.9 Å². The first kappa shape index (κ1) is 34.9. The van der Waals surface area contributed by atoms with Crippen molar-refractivity contribution in [2.24, 2.45) is 5.10 Å². The molecule has 1 heterocycles. The minimum absolute atomic E-state index is 0.0979. The number of hydrogen-bond donors (Lipinski definition) is 1. The molecule has 0 spiro atoms. The number of ether oxygens (including phenoxy) is 4. The number of benzene rings is 4. The number of nitrogens with zero attached hydrogens (tertiary/aromatic N) is 2. The molecular formula is C38H31N3O8S. The van der Waals surface area contributed by atoms with Gasteiger partial charge in [-0.3, -0.25) is 5.43 Å². The average molecular weight is 690 g/mol. The summed E-state index contributed by atoms with van der Waals surface area (Å²) in [4.78, 5) is 52.6. The number of carbonyl (C=O) groups excluding carboxylic acids is 4. The summed E-state index contributed by atoms with van der Waals surface area (Å²) in [5.74, 6) is -1.66. The van der Waals surface area contributed by atoms with Gasteiger partial charge in [-0.25, -0.2) is 24.2 Å². The maximum atomic E-state index is 12.7. The van der Waals surface area contributed by atoms with Crippen molar-refractivity contribution in [3.63, 3.8) is 0 Å². The zero-order valence-electron chi connectivity index (χ0n) is 26.7. The van der Waals surface area contributed by atoms with Crippen molar-refractivity contribution in [1.82, 2.24) is 4.98 Å². The molecule has 0 unspecified atom stereocenters. The van der Waals surface area contributed by atoms with Gasteiger partial charge in [-0.2, -0.15) is 5.10 Å². The predicted octanol–water partition coefficient (Wildman–Crippen LogP) is 6.72. The Bertz CT molecular complexity index is 2020. The molecule has 0 amide bonds. The molecule has 1 aromatic heterocycles. The molecule has 0 fully saturated rings. The number of aromatic nitrogens is 1. The van der Waals surface area contributed by atoms with Crippen LogP contribution in [0.4, 0.5) is 5.13 Å². The third kappa shape index (κ3) is 9.81. The largest absolute Gasteiger partial charge is 0.462 e. The van der Waals surface area contributed by atoms with Gasteiger partial charge in [0.1, 0.15) is 11.5 Å². The van der Waals surface area contributed by atoms with E-state index in [1.807, 2.05) is 42.5 Å². The highest BCUT2D eigenvalue weighted by Crippen LogP contribution is 2.25. The summed E-state index contributed by atoms with van der Waals surface area (Å²) < 4.78 is 22.1. The Morgan fingerprint density at radius 2 is 1.32 bits per heavy atom. The number of nitrogens with one attached hydrogen (secondary N) is 1. The molecule has 11 nitrogen and oxygen atoms in total. The summed E-state index contributed by atoms with van der Waals surface area (Å²) in [6.07, 6.45) is 4.60. The van der Waals surface area contributed by atoms with Gasteiger partial charge in [-0.15, -0.1) is 0 Å². The van der Waals surface area contributed by atoms with E-state index in [-0.39, 0.29) is 24.7 Å². The van der Waals surface area contributed by atoms with Crippen LogP contribution in [0.5, 0.6) is 11.5 Å². The van der Waals surface area contributed by atoms with Gasteiger partial charge < -0.3 is 18.9 Å². The number of esters is 4. The Morgan fingerprint density at radius 3 is 1.90 bits per heavy atom. The number of carbonyl (C=O) groups is 4. The van der Waals surface area contributed by atoms with E-state index in [4.69, 9.17) is 18.9 Å². The number of rotatable bonds is 15. The predicted molar refractivity (Wildman–Crippen MR) is 190 cm³/mol. The number of hydrogen-bond acceptors (Lipinski definition) is 12. The molecule has 5 rings (SSSR count). The third-order valence-corrected chi connectivity index (χ3v) is 7.99. The quantitative estimate of drug-likeness (QED) is 0.0414. The Kier molecular flexibility index (Phi) is 12.0. The number of para-hydroxylation sites is 1. The summed E-state index contributed by atoms with van der Waals surface area (Å²) in [6, 6.07) is 25.6. The lowest BCUT2D eigenvalue weighted by molar-refractivity contribution is -0.129. The van der Waals surface area contributed by atoms with Crippen LogP contribution in [0.3, 0.4) is 0 Å². The van der Waals surface area contributed by atoms with Crippen LogP contribution in [0.15, 0.2) is 121 Å². The van der Waals surface area contributed by atoms with Crippen molar-refractivity contribution in [3.05, 3.63) is 144 Å². The highest BCUT2D eigenvalue weighted by atomic mass is 32.1. The fraction of sp³-hybridized carbons (Fsp3) is 0.105. The molecule has 12 heteroatoms. The molecule has 0 radical (unpaired) electrons. The van der Waals surface area contributed by atoms with Crippen LogP contribution in [0.2, 0.25) is 0 Å². The van der Waals surface area contributed by atoms with E-state index in [1.54, 1.807) is 6.21 Å². The second-order valence-corrected chi connectivity index (χ2v) is 11.5. The summed E-state index contributed by atoms with van der Waals surface area (Å²) in [5, 5.41) is 5.05. The minimum Gasteiger partial charge on any atom is -0.462 e. The normalized spacial score (nSPS) is 10.7. The van der Waals surface area contributed by atoms with E-state index in [0.717, 1.165) is 39.1 Å². The van der Waals surface area contributed by atoms with Crippen molar-refractivity contribution < 1.29 is 38.1 Å². The number of anilines is 1. The standard InChI is InChI=1S/C38H31N3O8S/c1-3-34(42)48-30-15-11-27(12-16-30)36(44)46-21-19-25-9-10-26(20-22-47-37(45)28-13-17-31(18-14-28)49-35(43)4-2)29(23-25)24-39-41-38-40-32-7-5-6-8-33(32)50-38/h3-18,23-24H,1-2,19-22H2,(H,40,41)/b39-24+. The molecule has 0 aliphatic rings. The molecule has 0 atom stereocenters. The Balaban J connectivity index is 1.21. The molecular weight excluding hydrogens is 658 g/mol. The van der Waals surface area contributed by atoms with E-state index in [9.17, 15) is 19.2 Å². The Labute approximate surface area is 291 Å². The van der Waals surface area contributed by atoms with Crippen molar-refractivity contribution in [2.45, 2.75) is 12.8 Å². The van der Waals surface area contributed by atoms with Gasteiger partial charge in [-0.05, 0) is 83.4 Å². The van der Waals surface area contributed by atoms with E-state index in [2.05, 4.69) is 28.7 Å². The van der Waals surface area contributed by atoms with Crippen LogP contribution in [-0.4, -0.2) is 48.3 Å². The van der Waals surface area contributed by atoms with Gasteiger partial charge in [0.05, 0.1) is 40.8 Å². The number of thiazole rings is 1. The summed E-state index contributed by atoms with van der Waals surface area (Å²) >= 11 is 1.48. The molecule has 4 aromatic carbocycles. The molecule has 0 saturated heterocycles. The van der Waals surface area contributed by atoms with Crippen LogP contribution in [0.1, 0.15) is 37.4 Å². The summed E-state index contributed by atoms with van der Waals surface area (Å²) in [7, 11) is 0. The topological polar surface area (TPSA) is 142 Å². The van der Waals surface area contributed by atoms with Gasteiger partial charge in [-0.1, -0.05) is 48.8 Å². The fourth-order valence-corrected chi connectivity index (χ4v) is 5.36. The zero-order valence-corrected chi connectivity index (χ0v) is 27.5. The SMILES string of the molecule is C=CC(=O)Oc1ccc(C(=O)OCCc2ccc(CCOC(=O)c3ccc(OC(=O)C=C)cc3)c(/C=N/Nc3nc4ccccc4s3)c2)cc1. The maximum absolute atomic E-state index is 12.7. The molecule has 1 N–H and O–H groups in total. The minimum atomic E-state index is -0.598. The molecule has 0 aliphatic heterocycles. The molecule has 0 aliphatic carbocycles. The first-order chi connectivity index (χ1) is 24.3. The van der Waals surface area contributed by atoms with Gasteiger partial charge in [0, 0.05) is 25.0 Å². The van der Waals surface area contributed by atoms with E-state index in [0.29, 0.717) is 29.1 Å². The van der Waals surface area contributed by atoms with Crippen LogP contribution in [0.25, 0.3) is 10.2 Å². The highest BCUT2D eigenvalue weighted by Gasteiger charge is 2.12. The monoisotopic (exact) mass is 689 g/mol. The van der Waals surface area contributed by atoms with Gasteiger partial charge >= 0.3 is 23.9 Å². The molecule has 0 saturated carbocycles. The highest BCUT2D eigenvalue weighted by molar-refractivity contribution is 7.22. The van der Waals surface area contributed by atoms with Crippen LogP contribution in [-0.2, 0) is 31.9 Å². The first-order valence-electron chi connectivity index (χ1n) is 15.3.